The third kappa shape index (κ3) is 2.35. The number of hydrogen-bond acceptors (Lipinski definition) is 1. The van der Waals surface area contributed by atoms with E-state index in [0.717, 1.165) is 19.1 Å². The monoisotopic (exact) mass is 128 g/mol. The molecule has 9 heavy (non-hydrogen) atoms. The Morgan fingerprint density at radius 1 is 1.33 bits per heavy atom. The molecule has 0 aromatic heterocycles. The maximum Gasteiger partial charge on any atom is 0.0516 e. The van der Waals surface area contributed by atoms with Crippen molar-refractivity contribution in [1.82, 2.24) is 0 Å². The van der Waals surface area contributed by atoms with Gasteiger partial charge in [0.05, 0.1) is 13.2 Å². The van der Waals surface area contributed by atoms with Crippen LogP contribution in [0.25, 0.3) is 0 Å². The van der Waals surface area contributed by atoms with E-state index in [-0.39, 0.29) is 0 Å². The fourth-order valence-electron chi connectivity index (χ4n) is 1.27. The maximum atomic E-state index is 5.08. The second-order valence-corrected chi connectivity index (χ2v) is 4.17. The smallest absolute Gasteiger partial charge is 0.0516 e. The van der Waals surface area contributed by atoms with E-state index in [1.807, 2.05) is 0 Å². The van der Waals surface area contributed by atoms with Gasteiger partial charge in [0.25, 0.3) is 0 Å². The van der Waals surface area contributed by atoms with Gasteiger partial charge in [0.15, 0.2) is 0 Å². The Balaban J connectivity index is 2.16. The zero-order valence-electron chi connectivity index (χ0n) is 6.61. The molecule has 0 spiro atoms. The summed E-state index contributed by atoms with van der Waals surface area (Å²) in [6.07, 6.45) is 1.31. The van der Waals surface area contributed by atoms with Crippen LogP contribution in [0.4, 0.5) is 0 Å². The van der Waals surface area contributed by atoms with E-state index in [9.17, 15) is 0 Å². The van der Waals surface area contributed by atoms with E-state index in [2.05, 4.69) is 20.8 Å². The summed E-state index contributed by atoms with van der Waals surface area (Å²) in [6, 6.07) is 0. The number of ether oxygens (including phenoxy) is 1. The van der Waals surface area contributed by atoms with Gasteiger partial charge in [-0.2, -0.15) is 0 Å². The summed E-state index contributed by atoms with van der Waals surface area (Å²) in [5.41, 5.74) is 0.494. The van der Waals surface area contributed by atoms with Gasteiger partial charge in [0.1, 0.15) is 0 Å². The van der Waals surface area contributed by atoms with E-state index in [1.165, 1.54) is 6.42 Å². The Hall–Kier alpha value is -0.0400. The van der Waals surface area contributed by atoms with Crippen molar-refractivity contribution in [2.45, 2.75) is 27.2 Å². The lowest BCUT2D eigenvalue weighted by atomic mass is 9.84. The third-order valence-electron chi connectivity index (χ3n) is 1.61. The Morgan fingerprint density at radius 3 is 2.00 bits per heavy atom. The van der Waals surface area contributed by atoms with Crippen molar-refractivity contribution in [3.05, 3.63) is 0 Å². The van der Waals surface area contributed by atoms with Crippen LogP contribution in [0.2, 0.25) is 0 Å². The Morgan fingerprint density at radius 2 is 1.89 bits per heavy atom. The normalized spacial score (nSPS) is 21.7. The molecule has 1 heterocycles. The van der Waals surface area contributed by atoms with Crippen molar-refractivity contribution < 1.29 is 4.74 Å². The molecule has 1 nitrogen and oxygen atoms in total. The molecular weight excluding hydrogens is 112 g/mol. The summed E-state index contributed by atoms with van der Waals surface area (Å²) in [5, 5.41) is 0. The Labute approximate surface area is 57.4 Å². The molecule has 0 aliphatic carbocycles. The van der Waals surface area contributed by atoms with Crippen molar-refractivity contribution in [1.29, 1.82) is 0 Å². The average Bonchev–Trinajstić information content (AvgIpc) is 1.53. The summed E-state index contributed by atoms with van der Waals surface area (Å²) in [4.78, 5) is 0. The fourth-order valence-corrected chi connectivity index (χ4v) is 1.27. The van der Waals surface area contributed by atoms with Crippen LogP contribution in [0.5, 0.6) is 0 Å². The molecule has 1 aliphatic heterocycles. The van der Waals surface area contributed by atoms with Crippen LogP contribution in [0.3, 0.4) is 0 Å². The van der Waals surface area contributed by atoms with E-state index in [1.54, 1.807) is 0 Å². The van der Waals surface area contributed by atoms with E-state index >= 15 is 0 Å². The minimum atomic E-state index is 0.494. The molecule has 0 saturated carbocycles. The van der Waals surface area contributed by atoms with E-state index in [0.29, 0.717) is 5.41 Å². The molecule has 0 N–H and O–H groups in total. The molecule has 0 atom stereocenters. The highest BCUT2D eigenvalue weighted by Gasteiger charge is 2.24. The van der Waals surface area contributed by atoms with Crippen LogP contribution in [-0.2, 0) is 4.74 Å². The first kappa shape index (κ1) is 7.07. The van der Waals surface area contributed by atoms with Crippen LogP contribution >= 0.6 is 0 Å². The highest BCUT2D eigenvalue weighted by molar-refractivity contribution is 4.72. The molecule has 0 aromatic carbocycles. The van der Waals surface area contributed by atoms with Crippen LogP contribution < -0.4 is 0 Å². The predicted molar refractivity (Wildman–Crippen MR) is 38.4 cm³/mol. The van der Waals surface area contributed by atoms with Crippen molar-refractivity contribution in [3.63, 3.8) is 0 Å². The predicted octanol–water partition coefficient (Wildman–Crippen LogP) is 2.07. The Bertz CT molecular complexity index is 87.2. The molecule has 1 aliphatic rings. The third-order valence-corrected chi connectivity index (χ3v) is 1.61. The molecule has 0 bridgehead atoms. The summed E-state index contributed by atoms with van der Waals surface area (Å²) >= 11 is 0. The summed E-state index contributed by atoms with van der Waals surface area (Å²) in [6.45, 7) is 8.84. The summed E-state index contributed by atoms with van der Waals surface area (Å²) < 4.78 is 5.08. The fraction of sp³-hybridized carbons (Fsp3) is 1.00. The quantitative estimate of drug-likeness (QED) is 0.525. The first-order chi connectivity index (χ1) is 4.08. The molecule has 54 valence electrons. The van der Waals surface area contributed by atoms with Gasteiger partial charge in [-0.05, 0) is 11.8 Å². The number of rotatable bonds is 1. The minimum absolute atomic E-state index is 0.494. The van der Waals surface area contributed by atoms with Gasteiger partial charge in [-0.3, -0.25) is 0 Å². The van der Waals surface area contributed by atoms with Gasteiger partial charge in [-0.25, -0.2) is 0 Å². The lowest BCUT2D eigenvalue weighted by molar-refractivity contribution is -0.0486. The zero-order valence-corrected chi connectivity index (χ0v) is 6.61. The highest BCUT2D eigenvalue weighted by atomic mass is 16.5. The molecule has 0 amide bonds. The van der Waals surface area contributed by atoms with Crippen molar-refractivity contribution >= 4 is 0 Å². The lowest BCUT2D eigenvalue weighted by Gasteiger charge is -2.31. The van der Waals surface area contributed by atoms with Gasteiger partial charge in [-0.15, -0.1) is 0 Å². The molecular formula is C8H16O. The zero-order chi connectivity index (χ0) is 6.91. The van der Waals surface area contributed by atoms with Gasteiger partial charge in [0.2, 0.25) is 0 Å². The van der Waals surface area contributed by atoms with Crippen LogP contribution in [0.15, 0.2) is 0 Å². The van der Waals surface area contributed by atoms with Crippen LogP contribution in [-0.4, -0.2) is 13.2 Å². The molecule has 1 fully saturated rings. The molecule has 0 aromatic rings. The molecule has 1 rings (SSSR count). The average molecular weight is 128 g/mol. The van der Waals surface area contributed by atoms with Crippen molar-refractivity contribution in [2.75, 3.05) is 13.2 Å². The van der Waals surface area contributed by atoms with Gasteiger partial charge in [0, 0.05) is 5.92 Å². The van der Waals surface area contributed by atoms with E-state index in [4.69, 9.17) is 4.74 Å². The lowest BCUT2D eigenvalue weighted by Crippen LogP contribution is -2.31. The number of hydrogen-bond donors (Lipinski definition) is 0. The summed E-state index contributed by atoms with van der Waals surface area (Å²) in [5.74, 6) is 0.852. The second-order valence-electron chi connectivity index (χ2n) is 4.17. The molecule has 0 unspecified atom stereocenters. The second kappa shape index (κ2) is 2.30. The highest BCUT2D eigenvalue weighted by Crippen LogP contribution is 2.28. The molecule has 1 saturated heterocycles. The van der Waals surface area contributed by atoms with Crippen molar-refractivity contribution in [3.8, 4) is 0 Å². The van der Waals surface area contributed by atoms with E-state index < -0.39 is 0 Å². The van der Waals surface area contributed by atoms with Crippen LogP contribution in [0.1, 0.15) is 27.2 Å². The first-order valence-electron chi connectivity index (χ1n) is 3.66. The first-order valence-corrected chi connectivity index (χ1v) is 3.66. The molecule has 1 heteroatoms. The molecule has 0 radical (unpaired) electrons. The van der Waals surface area contributed by atoms with Gasteiger partial charge < -0.3 is 4.74 Å². The van der Waals surface area contributed by atoms with Gasteiger partial charge in [-0.1, -0.05) is 20.8 Å². The Kier molecular flexibility index (Phi) is 1.80. The largest absolute Gasteiger partial charge is 0.381 e. The standard InChI is InChI=1S/C8H16O/c1-8(2,3)4-7-5-9-6-7/h7H,4-6H2,1-3H3. The van der Waals surface area contributed by atoms with Crippen molar-refractivity contribution in [2.24, 2.45) is 11.3 Å². The minimum Gasteiger partial charge on any atom is -0.381 e. The topological polar surface area (TPSA) is 9.23 Å². The van der Waals surface area contributed by atoms with Crippen LogP contribution in [0, 0.1) is 11.3 Å². The summed E-state index contributed by atoms with van der Waals surface area (Å²) in [7, 11) is 0. The SMILES string of the molecule is CC(C)(C)CC1COC1. The van der Waals surface area contributed by atoms with Gasteiger partial charge >= 0.3 is 0 Å². The maximum absolute atomic E-state index is 5.08.